The van der Waals surface area contributed by atoms with Gasteiger partial charge in [0.05, 0.1) is 10.7 Å². The molecule has 112 valence electrons. The molecule has 1 amide bonds. The molecule has 2 aromatic heterocycles. The first kappa shape index (κ1) is 15.2. The fraction of sp³-hybridized carbons (Fsp3) is 0.357. The summed E-state index contributed by atoms with van der Waals surface area (Å²) in [5.41, 5.74) is 2.15. The van der Waals surface area contributed by atoms with Gasteiger partial charge in [0.15, 0.2) is 0 Å². The molecule has 0 aliphatic carbocycles. The minimum absolute atomic E-state index is 0.0372. The quantitative estimate of drug-likeness (QED) is 0.764. The van der Waals surface area contributed by atoms with Crippen LogP contribution in [0.1, 0.15) is 35.3 Å². The average Bonchev–Trinajstić information content (AvgIpc) is 3.04. The number of carboxylic acid groups (broad SMARTS) is 1. The fourth-order valence-electron chi connectivity index (χ4n) is 1.88. The van der Waals surface area contributed by atoms with Crippen molar-refractivity contribution in [1.82, 2.24) is 15.3 Å². The Hall–Kier alpha value is -2.15. The highest BCUT2D eigenvalue weighted by atomic mass is 32.1. The van der Waals surface area contributed by atoms with Crippen molar-refractivity contribution in [2.75, 3.05) is 0 Å². The molecule has 0 spiro atoms. The number of carboxylic acids is 1. The molecule has 0 saturated carbocycles. The first-order chi connectivity index (χ1) is 9.95. The SMILES string of the molecule is Cc1nc(-c2c[nH]c(C(=O)NC(C)CCC(=O)O)c2)cs1. The van der Waals surface area contributed by atoms with Gasteiger partial charge in [-0.2, -0.15) is 0 Å². The molecular weight excluding hydrogens is 290 g/mol. The van der Waals surface area contributed by atoms with Crippen LogP contribution in [0.4, 0.5) is 0 Å². The molecule has 0 saturated heterocycles. The Morgan fingerprint density at radius 2 is 2.29 bits per heavy atom. The van der Waals surface area contributed by atoms with Gasteiger partial charge >= 0.3 is 5.97 Å². The lowest BCUT2D eigenvalue weighted by Gasteiger charge is -2.11. The van der Waals surface area contributed by atoms with Crippen molar-refractivity contribution in [2.45, 2.75) is 32.7 Å². The molecule has 0 fully saturated rings. The Bertz CT molecular complexity index is 647. The van der Waals surface area contributed by atoms with E-state index in [0.717, 1.165) is 16.3 Å². The molecule has 0 aliphatic heterocycles. The third-order valence-electron chi connectivity index (χ3n) is 3.01. The highest BCUT2D eigenvalue weighted by molar-refractivity contribution is 7.09. The molecule has 2 aromatic rings. The lowest BCUT2D eigenvalue weighted by atomic mass is 10.2. The summed E-state index contributed by atoms with van der Waals surface area (Å²) >= 11 is 1.56. The molecule has 0 bridgehead atoms. The molecule has 0 aromatic carbocycles. The van der Waals surface area contributed by atoms with Crippen molar-refractivity contribution in [3.8, 4) is 11.3 Å². The zero-order valence-electron chi connectivity index (χ0n) is 11.8. The number of aliphatic carboxylic acids is 1. The van der Waals surface area contributed by atoms with Crippen LogP contribution in [0.15, 0.2) is 17.6 Å². The summed E-state index contributed by atoms with van der Waals surface area (Å²) in [6.07, 6.45) is 2.18. The van der Waals surface area contributed by atoms with E-state index in [1.54, 1.807) is 30.5 Å². The number of amides is 1. The molecule has 6 nitrogen and oxygen atoms in total. The van der Waals surface area contributed by atoms with Crippen molar-refractivity contribution >= 4 is 23.2 Å². The number of nitrogens with zero attached hydrogens (tertiary/aromatic N) is 1. The van der Waals surface area contributed by atoms with E-state index in [-0.39, 0.29) is 18.4 Å². The lowest BCUT2D eigenvalue weighted by Crippen LogP contribution is -2.33. The van der Waals surface area contributed by atoms with Gasteiger partial charge in [-0.05, 0) is 26.3 Å². The van der Waals surface area contributed by atoms with Gasteiger partial charge in [0.1, 0.15) is 5.69 Å². The molecule has 1 atom stereocenters. The van der Waals surface area contributed by atoms with Crippen molar-refractivity contribution in [1.29, 1.82) is 0 Å². The van der Waals surface area contributed by atoms with Crippen LogP contribution in [-0.2, 0) is 4.79 Å². The maximum absolute atomic E-state index is 12.0. The van der Waals surface area contributed by atoms with E-state index in [0.29, 0.717) is 12.1 Å². The van der Waals surface area contributed by atoms with Gasteiger partial charge in [0.25, 0.3) is 5.91 Å². The summed E-state index contributed by atoms with van der Waals surface area (Å²) < 4.78 is 0. The number of thiazole rings is 1. The molecule has 0 radical (unpaired) electrons. The highest BCUT2D eigenvalue weighted by Gasteiger charge is 2.14. The third kappa shape index (κ3) is 4.16. The van der Waals surface area contributed by atoms with Gasteiger partial charge < -0.3 is 15.4 Å². The van der Waals surface area contributed by atoms with E-state index in [9.17, 15) is 9.59 Å². The zero-order valence-corrected chi connectivity index (χ0v) is 12.7. The topological polar surface area (TPSA) is 95.1 Å². The fourth-order valence-corrected chi connectivity index (χ4v) is 2.51. The third-order valence-corrected chi connectivity index (χ3v) is 3.78. The van der Waals surface area contributed by atoms with Gasteiger partial charge in [-0.3, -0.25) is 9.59 Å². The van der Waals surface area contributed by atoms with Crippen LogP contribution >= 0.6 is 11.3 Å². The van der Waals surface area contributed by atoms with E-state index in [1.807, 2.05) is 12.3 Å². The molecular formula is C14H17N3O3S. The monoisotopic (exact) mass is 307 g/mol. The number of aromatic nitrogens is 2. The second kappa shape index (κ2) is 6.53. The van der Waals surface area contributed by atoms with Crippen LogP contribution in [-0.4, -0.2) is 33.0 Å². The van der Waals surface area contributed by atoms with Crippen LogP contribution in [0, 0.1) is 6.92 Å². The summed E-state index contributed by atoms with van der Waals surface area (Å²) in [5.74, 6) is -1.11. The summed E-state index contributed by atoms with van der Waals surface area (Å²) in [6, 6.07) is 1.55. The number of hydrogen-bond acceptors (Lipinski definition) is 4. The highest BCUT2D eigenvalue weighted by Crippen LogP contribution is 2.22. The first-order valence-corrected chi connectivity index (χ1v) is 7.47. The summed E-state index contributed by atoms with van der Waals surface area (Å²) in [5, 5.41) is 14.3. The predicted molar refractivity (Wildman–Crippen MR) is 80.4 cm³/mol. The van der Waals surface area contributed by atoms with Crippen molar-refractivity contribution in [3.63, 3.8) is 0 Å². The maximum Gasteiger partial charge on any atom is 0.303 e. The number of carbonyl (C=O) groups is 2. The number of aryl methyl sites for hydroxylation is 1. The second-order valence-electron chi connectivity index (χ2n) is 4.86. The number of rotatable bonds is 6. The zero-order chi connectivity index (χ0) is 15.4. The molecule has 21 heavy (non-hydrogen) atoms. The number of hydrogen-bond donors (Lipinski definition) is 3. The summed E-state index contributed by atoms with van der Waals surface area (Å²) in [6.45, 7) is 3.72. The van der Waals surface area contributed by atoms with Gasteiger partial charge in [-0.15, -0.1) is 11.3 Å². The molecule has 1 unspecified atom stereocenters. The molecule has 2 rings (SSSR count). The van der Waals surface area contributed by atoms with Gasteiger partial charge in [0.2, 0.25) is 0 Å². The number of aromatic amines is 1. The van der Waals surface area contributed by atoms with E-state index < -0.39 is 5.97 Å². The second-order valence-corrected chi connectivity index (χ2v) is 5.92. The Morgan fingerprint density at radius 1 is 1.52 bits per heavy atom. The van der Waals surface area contributed by atoms with Crippen LogP contribution < -0.4 is 5.32 Å². The normalized spacial score (nSPS) is 12.1. The standard InChI is InChI=1S/C14H17N3O3S/c1-8(3-4-13(18)19)16-14(20)11-5-10(6-15-11)12-7-21-9(2)17-12/h5-8,15H,3-4H2,1-2H3,(H,16,20)(H,18,19). The first-order valence-electron chi connectivity index (χ1n) is 6.59. The van der Waals surface area contributed by atoms with Gasteiger partial charge in [0, 0.05) is 29.6 Å². The van der Waals surface area contributed by atoms with E-state index in [4.69, 9.17) is 5.11 Å². The number of H-pyrrole nitrogens is 1. The van der Waals surface area contributed by atoms with Crippen molar-refractivity contribution < 1.29 is 14.7 Å². The smallest absolute Gasteiger partial charge is 0.303 e. The van der Waals surface area contributed by atoms with Crippen LogP contribution in [0.2, 0.25) is 0 Å². The Morgan fingerprint density at radius 3 is 2.90 bits per heavy atom. The number of nitrogens with one attached hydrogen (secondary N) is 2. The summed E-state index contributed by atoms with van der Waals surface area (Å²) in [7, 11) is 0. The largest absolute Gasteiger partial charge is 0.481 e. The summed E-state index contributed by atoms with van der Waals surface area (Å²) in [4.78, 5) is 29.8. The molecule has 2 heterocycles. The van der Waals surface area contributed by atoms with E-state index in [1.165, 1.54) is 0 Å². The average molecular weight is 307 g/mol. The Labute approximate surface area is 126 Å². The Kier molecular flexibility index (Phi) is 4.74. The maximum atomic E-state index is 12.0. The predicted octanol–water partition coefficient (Wildman–Crippen LogP) is 2.43. The minimum atomic E-state index is -0.864. The Balaban J connectivity index is 1.97. The van der Waals surface area contributed by atoms with Crippen molar-refractivity contribution in [3.05, 3.63) is 28.3 Å². The number of carbonyl (C=O) groups excluding carboxylic acids is 1. The van der Waals surface area contributed by atoms with Crippen molar-refractivity contribution in [2.24, 2.45) is 0 Å². The molecule has 3 N–H and O–H groups in total. The minimum Gasteiger partial charge on any atom is -0.481 e. The van der Waals surface area contributed by atoms with E-state index >= 15 is 0 Å². The molecule has 0 aliphatic rings. The van der Waals surface area contributed by atoms with Crippen LogP contribution in [0.25, 0.3) is 11.3 Å². The molecule has 7 heteroatoms. The van der Waals surface area contributed by atoms with Gasteiger partial charge in [-0.1, -0.05) is 0 Å². The van der Waals surface area contributed by atoms with Gasteiger partial charge in [-0.25, -0.2) is 4.98 Å². The van der Waals surface area contributed by atoms with Crippen LogP contribution in [0.5, 0.6) is 0 Å². The van der Waals surface area contributed by atoms with E-state index in [2.05, 4.69) is 15.3 Å². The lowest BCUT2D eigenvalue weighted by molar-refractivity contribution is -0.137. The van der Waals surface area contributed by atoms with Crippen LogP contribution in [0.3, 0.4) is 0 Å².